The molecule has 0 fully saturated rings. The number of carbonyl (C=O) groups is 1. The fourth-order valence-electron chi connectivity index (χ4n) is 0.959. The van der Waals surface area contributed by atoms with Crippen molar-refractivity contribution in [2.24, 2.45) is 0 Å². The molecule has 0 bridgehead atoms. The van der Waals surface area contributed by atoms with Crippen molar-refractivity contribution in [1.29, 1.82) is 0 Å². The molecule has 1 atom stereocenters. The summed E-state index contributed by atoms with van der Waals surface area (Å²) in [4.78, 5) is 10.5. The summed E-state index contributed by atoms with van der Waals surface area (Å²) in [6.45, 7) is 1.46. The Morgan fingerprint density at radius 1 is 1.50 bits per heavy atom. The average molecular weight is 168 g/mol. The Hall–Kier alpha value is -1.38. The summed E-state index contributed by atoms with van der Waals surface area (Å²) in [5.74, 6) is -2.27. The topological polar surface area (TPSA) is 37.3 Å². The molecule has 0 spiro atoms. The molecule has 2 nitrogen and oxygen atoms in total. The minimum absolute atomic E-state index is 0.227. The molecule has 1 aromatic rings. The molecule has 1 rings (SSSR count). The summed E-state index contributed by atoms with van der Waals surface area (Å²) < 4.78 is 12.9. The van der Waals surface area contributed by atoms with E-state index in [1.807, 2.05) is 0 Å². The molecule has 0 heterocycles. The van der Waals surface area contributed by atoms with Gasteiger partial charge in [-0.15, -0.1) is 0 Å². The van der Waals surface area contributed by atoms with E-state index in [4.69, 9.17) is 5.11 Å². The Bertz CT molecular complexity index is 296. The summed E-state index contributed by atoms with van der Waals surface area (Å²) in [6.07, 6.45) is 0. The molecule has 0 aliphatic carbocycles. The van der Waals surface area contributed by atoms with Crippen molar-refractivity contribution in [2.45, 2.75) is 12.8 Å². The largest absolute Gasteiger partial charge is 0.481 e. The second-order valence-electron chi connectivity index (χ2n) is 2.58. The molecule has 0 radical (unpaired) electrons. The van der Waals surface area contributed by atoms with Crippen LogP contribution in [-0.4, -0.2) is 11.1 Å². The smallest absolute Gasteiger partial charge is 0.310 e. The van der Waals surface area contributed by atoms with Crippen molar-refractivity contribution < 1.29 is 14.3 Å². The van der Waals surface area contributed by atoms with Gasteiger partial charge in [0.15, 0.2) is 0 Å². The summed E-state index contributed by atoms with van der Waals surface area (Å²) in [7, 11) is 0. The van der Waals surface area contributed by atoms with E-state index in [9.17, 15) is 9.18 Å². The standard InChI is InChI=1S/C9H9FO2/c1-6(9(11)12)7-4-2-3-5-8(7)10/h2-6H,1H3,(H,11,12)/t6-/m1/s1. The molecule has 0 saturated heterocycles. The third kappa shape index (κ3) is 1.61. The molecule has 0 aliphatic heterocycles. The lowest BCUT2D eigenvalue weighted by molar-refractivity contribution is -0.138. The lowest BCUT2D eigenvalue weighted by atomic mass is 10.0. The van der Waals surface area contributed by atoms with Gasteiger partial charge in [0.2, 0.25) is 0 Å². The highest BCUT2D eigenvalue weighted by atomic mass is 19.1. The zero-order valence-corrected chi connectivity index (χ0v) is 6.62. The fraction of sp³-hybridized carbons (Fsp3) is 0.222. The van der Waals surface area contributed by atoms with Crippen molar-refractivity contribution in [3.05, 3.63) is 35.6 Å². The van der Waals surface area contributed by atoms with Gasteiger partial charge in [0.1, 0.15) is 5.82 Å². The minimum Gasteiger partial charge on any atom is -0.481 e. The van der Waals surface area contributed by atoms with Crippen LogP contribution in [0.15, 0.2) is 24.3 Å². The number of benzene rings is 1. The SMILES string of the molecule is C[C@@H](C(=O)O)c1ccccc1F. The Morgan fingerprint density at radius 3 is 2.58 bits per heavy atom. The van der Waals surface area contributed by atoms with Crippen LogP contribution in [0.1, 0.15) is 18.4 Å². The van der Waals surface area contributed by atoms with Crippen LogP contribution in [0.5, 0.6) is 0 Å². The van der Waals surface area contributed by atoms with Gasteiger partial charge in [-0.25, -0.2) is 4.39 Å². The zero-order chi connectivity index (χ0) is 9.14. The highest BCUT2D eigenvalue weighted by molar-refractivity contribution is 5.75. The van der Waals surface area contributed by atoms with E-state index >= 15 is 0 Å². The lowest BCUT2D eigenvalue weighted by Crippen LogP contribution is -2.08. The van der Waals surface area contributed by atoms with Crippen molar-refractivity contribution in [2.75, 3.05) is 0 Å². The van der Waals surface area contributed by atoms with Gasteiger partial charge >= 0.3 is 5.97 Å². The first-order chi connectivity index (χ1) is 5.63. The second-order valence-corrected chi connectivity index (χ2v) is 2.58. The monoisotopic (exact) mass is 168 g/mol. The summed E-state index contributed by atoms with van der Waals surface area (Å²) >= 11 is 0. The summed E-state index contributed by atoms with van der Waals surface area (Å²) in [5.41, 5.74) is 0.227. The van der Waals surface area contributed by atoms with Crippen LogP contribution in [0, 0.1) is 5.82 Å². The van der Waals surface area contributed by atoms with E-state index in [1.54, 1.807) is 6.07 Å². The molecular weight excluding hydrogens is 159 g/mol. The first-order valence-electron chi connectivity index (χ1n) is 3.60. The highest BCUT2D eigenvalue weighted by Crippen LogP contribution is 2.18. The van der Waals surface area contributed by atoms with Gasteiger partial charge in [0, 0.05) is 5.56 Å². The van der Waals surface area contributed by atoms with Crippen LogP contribution in [0.4, 0.5) is 4.39 Å². The number of rotatable bonds is 2. The molecule has 12 heavy (non-hydrogen) atoms. The average Bonchev–Trinajstić information content (AvgIpc) is 2.04. The van der Waals surface area contributed by atoms with Gasteiger partial charge < -0.3 is 5.11 Å². The molecule has 0 unspecified atom stereocenters. The summed E-state index contributed by atoms with van der Waals surface area (Å²) in [5, 5.41) is 8.59. The van der Waals surface area contributed by atoms with Gasteiger partial charge in [0.05, 0.1) is 5.92 Å². The minimum atomic E-state index is -1.01. The van der Waals surface area contributed by atoms with Crippen LogP contribution >= 0.6 is 0 Å². The predicted octanol–water partition coefficient (Wildman–Crippen LogP) is 2.01. The van der Waals surface area contributed by atoms with E-state index in [0.29, 0.717) is 0 Å². The van der Waals surface area contributed by atoms with Crippen molar-refractivity contribution >= 4 is 5.97 Å². The highest BCUT2D eigenvalue weighted by Gasteiger charge is 2.16. The predicted molar refractivity (Wildman–Crippen MR) is 42.5 cm³/mol. The number of carboxylic acids is 1. The van der Waals surface area contributed by atoms with Gasteiger partial charge in [-0.3, -0.25) is 4.79 Å². The molecular formula is C9H9FO2. The van der Waals surface area contributed by atoms with Crippen LogP contribution < -0.4 is 0 Å². The van der Waals surface area contributed by atoms with E-state index in [1.165, 1.54) is 25.1 Å². The van der Waals surface area contributed by atoms with Crippen molar-refractivity contribution in [3.8, 4) is 0 Å². The van der Waals surface area contributed by atoms with Crippen LogP contribution in [-0.2, 0) is 4.79 Å². The molecule has 0 aliphatic rings. The molecule has 1 N–H and O–H groups in total. The molecule has 0 saturated carbocycles. The molecule has 0 aromatic heterocycles. The van der Waals surface area contributed by atoms with Gasteiger partial charge in [-0.1, -0.05) is 18.2 Å². The van der Waals surface area contributed by atoms with Crippen LogP contribution in [0.3, 0.4) is 0 Å². The number of hydrogen-bond donors (Lipinski definition) is 1. The number of aliphatic carboxylic acids is 1. The normalized spacial score (nSPS) is 12.5. The van der Waals surface area contributed by atoms with Crippen molar-refractivity contribution in [1.82, 2.24) is 0 Å². The van der Waals surface area contributed by atoms with E-state index in [-0.39, 0.29) is 5.56 Å². The maximum atomic E-state index is 12.9. The molecule has 0 amide bonds. The number of hydrogen-bond acceptors (Lipinski definition) is 1. The van der Waals surface area contributed by atoms with Gasteiger partial charge in [0.25, 0.3) is 0 Å². The van der Waals surface area contributed by atoms with Crippen LogP contribution in [0.25, 0.3) is 0 Å². The maximum Gasteiger partial charge on any atom is 0.310 e. The lowest BCUT2D eigenvalue weighted by Gasteiger charge is -2.06. The number of halogens is 1. The quantitative estimate of drug-likeness (QED) is 0.733. The Kier molecular flexibility index (Phi) is 2.43. The Labute approximate surface area is 69.6 Å². The van der Waals surface area contributed by atoms with Crippen LogP contribution in [0.2, 0.25) is 0 Å². The molecule has 3 heteroatoms. The van der Waals surface area contributed by atoms with E-state index in [0.717, 1.165) is 0 Å². The van der Waals surface area contributed by atoms with E-state index in [2.05, 4.69) is 0 Å². The van der Waals surface area contributed by atoms with Crippen molar-refractivity contribution in [3.63, 3.8) is 0 Å². The summed E-state index contributed by atoms with van der Waals surface area (Å²) in [6, 6.07) is 5.90. The fourth-order valence-corrected chi connectivity index (χ4v) is 0.959. The zero-order valence-electron chi connectivity index (χ0n) is 6.62. The number of carboxylic acid groups (broad SMARTS) is 1. The van der Waals surface area contributed by atoms with E-state index < -0.39 is 17.7 Å². The first-order valence-corrected chi connectivity index (χ1v) is 3.60. The third-order valence-corrected chi connectivity index (χ3v) is 1.74. The first kappa shape index (κ1) is 8.71. The third-order valence-electron chi connectivity index (χ3n) is 1.74. The molecule has 1 aromatic carbocycles. The van der Waals surface area contributed by atoms with Gasteiger partial charge in [-0.2, -0.15) is 0 Å². The maximum absolute atomic E-state index is 12.9. The second kappa shape index (κ2) is 3.34. The van der Waals surface area contributed by atoms with Gasteiger partial charge in [-0.05, 0) is 13.0 Å². The molecule has 64 valence electrons. The Morgan fingerprint density at radius 2 is 2.08 bits per heavy atom. The Balaban J connectivity index is 3.02.